The summed E-state index contributed by atoms with van der Waals surface area (Å²) in [6, 6.07) is 4.57. The highest BCUT2D eigenvalue weighted by molar-refractivity contribution is 7.96. The number of carbonyl (C=O) groups is 1. The predicted octanol–water partition coefficient (Wildman–Crippen LogP) is 2.84. The number of benzene rings is 1. The maximum absolute atomic E-state index is 12.2. The molecule has 1 aromatic rings. The van der Waals surface area contributed by atoms with Crippen molar-refractivity contribution >= 4 is 17.9 Å². The molecule has 1 rings (SSSR count). The number of rotatable bonds is 2. The molecule has 0 bridgehead atoms. The van der Waals surface area contributed by atoms with Crippen molar-refractivity contribution in [3.05, 3.63) is 35.4 Å². The largest absolute Gasteiger partial charge is 0.416 e. The molecule has 0 unspecified atom stereocenters. The summed E-state index contributed by atoms with van der Waals surface area (Å²) in [7, 11) is 0. The van der Waals surface area contributed by atoms with Crippen LogP contribution in [0, 0.1) is 0 Å². The normalized spacial score (nSPS) is 11.2. The number of nitrogens with one attached hydrogen (secondary N) is 1. The number of alkyl halides is 3. The van der Waals surface area contributed by atoms with Gasteiger partial charge in [0.05, 0.1) is 5.56 Å². The molecule has 6 heteroatoms. The molecular weight excluding hydrogens is 227 g/mol. The van der Waals surface area contributed by atoms with E-state index in [2.05, 4.69) is 17.9 Å². The van der Waals surface area contributed by atoms with Crippen LogP contribution in [0.1, 0.15) is 11.1 Å². The van der Waals surface area contributed by atoms with Crippen LogP contribution < -0.4 is 5.32 Å². The van der Waals surface area contributed by atoms with E-state index in [1.54, 1.807) is 0 Å². The molecule has 0 aliphatic heterocycles. The van der Waals surface area contributed by atoms with E-state index in [0.717, 1.165) is 12.1 Å². The summed E-state index contributed by atoms with van der Waals surface area (Å²) in [4.78, 5) is 10.4. The molecule has 0 heterocycles. The predicted molar refractivity (Wildman–Crippen MR) is 52.7 cm³/mol. The van der Waals surface area contributed by atoms with Crippen molar-refractivity contribution in [3.8, 4) is 0 Å². The molecule has 2 nitrogen and oxygen atoms in total. The van der Waals surface area contributed by atoms with Gasteiger partial charge in [0.2, 0.25) is 0 Å². The lowest BCUT2D eigenvalue weighted by Gasteiger charge is -2.07. The van der Waals surface area contributed by atoms with Gasteiger partial charge in [-0.15, -0.1) is 0 Å². The molecule has 0 radical (unpaired) electrons. The smallest absolute Gasteiger partial charge is 0.343 e. The minimum atomic E-state index is -4.33. The third-order valence-electron chi connectivity index (χ3n) is 1.73. The van der Waals surface area contributed by atoms with Gasteiger partial charge in [0.15, 0.2) is 0 Å². The zero-order chi connectivity index (χ0) is 11.5. The van der Waals surface area contributed by atoms with Gasteiger partial charge < -0.3 is 5.32 Å². The quantitative estimate of drug-likeness (QED) is 0.758. The van der Waals surface area contributed by atoms with Gasteiger partial charge in [0.1, 0.15) is 0 Å². The molecule has 0 saturated heterocycles. The third-order valence-corrected chi connectivity index (χ3v) is 1.88. The van der Waals surface area contributed by atoms with Gasteiger partial charge in [-0.25, -0.2) is 0 Å². The minimum absolute atomic E-state index is 0.167. The van der Waals surface area contributed by atoms with Crippen LogP contribution in [0.3, 0.4) is 0 Å². The third kappa shape index (κ3) is 3.83. The summed E-state index contributed by atoms with van der Waals surface area (Å²) in [5.74, 6) is 0. The highest BCUT2D eigenvalue weighted by atomic mass is 32.1. The fraction of sp³-hybridized carbons (Fsp3) is 0.222. The van der Waals surface area contributed by atoms with Crippen LogP contribution in [-0.2, 0) is 12.7 Å². The second-order valence-corrected chi connectivity index (χ2v) is 3.26. The highest BCUT2D eigenvalue weighted by Gasteiger charge is 2.29. The Hall–Kier alpha value is -1.17. The van der Waals surface area contributed by atoms with Crippen molar-refractivity contribution in [2.75, 3.05) is 0 Å². The van der Waals surface area contributed by atoms with E-state index < -0.39 is 17.0 Å². The monoisotopic (exact) mass is 235 g/mol. The summed E-state index contributed by atoms with van der Waals surface area (Å²) in [5, 5.41) is 1.85. The van der Waals surface area contributed by atoms with E-state index >= 15 is 0 Å². The molecule has 0 aliphatic carbocycles. The first-order chi connectivity index (χ1) is 6.89. The first-order valence-corrected chi connectivity index (χ1v) is 4.47. The lowest BCUT2D eigenvalue weighted by atomic mass is 10.1. The molecule has 0 aliphatic rings. The molecular formula is C9H8F3NOS. The molecule has 0 spiro atoms. The fourth-order valence-corrected chi connectivity index (χ4v) is 1.07. The summed E-state index contributed by atoms with van der Waals surface area (Å²) in [6.07, 6.45) is -4.33. The molecule has 0 aromatic heterocycles. The summed E-state index contributed by atoms with van der Waals surface area (Å²) >= 11 is 3.46. The highest BCUT2D eigenvalue weighted by Crippen LogP contribution is 2.28. The van der Waals surface area contributed by atoms with Crippen molar-refractivity contribution in [1.82, 2.24) is 5.32 Å². The van der Waals surface area contributed by atoms with Crippen LogP contribution in [0.15, 0.2) is 24.3 Å². The van der Waals surface area contributed by atoms with Crippen LogP contribution in [0.4, 0.5) is 18.0 Å². The summed E-state index contributed by atoms with van der Waals surface area (Å²) in [5.41, 5.74) is -0.117. The van der Waals surface area contributed by atoms with Crippen molar-refractivity contribution < 1.29 is 18.0 Å². The molecule has 1 amide bonds. The van der Waals surface area contributed by atoms with Gasteiger partial charge in [-0.3, -0.25) is 4.79 Å². The van der Waals surface area contributed by atoms with E-state index in [1.807, 2.05) is 0 Å². The second-order valence-electron chi connectivity index (χ2n) is 2.85. The molecule has 1 aromatic carbocycles. The SMILES string of the molecule is O=C(S)NCc1ccc(C(F)(F)F)cc1. The molecule has 15 heavy (non-hydrogen) atoms. The average molecular weight is 235 g/mol. The Labute approximate surface area is 89.9 Å². The average Bonchev–Trinajstić information content (AvgIpc) is 2.14. The Balaban J connectivity index is 2.69. The molecule has 0 saturated carbocycles. The van der Waals surface area contributed by atoms with Gasteiger partial charge in [0, 0.05) is 6.54 Å². The van der Waals surface area contributed by atoms with Gasteiger partial charge in [-0.05, 0) is 17.7 Å². The van der Waals surface area contributed by atoms with Crippen molar-refractivity contribution in [1.29, 1.82) is 0 Å². The van der Waals surface area contributed by atoms with Crippen molar-refractivity contribution in [3.63, 3.8) is 0 Å². The maximum atomic E-state index is 12.2. The zero-order valence-corrected chi connectivity index (χ0v) is 8.40. The lowest BCUT2D eigenvalue weighted by Crippen LogP contribution is -2.15. The van der Waals surface area contributed by atoms with Gasteiger partial charge in [0.25, 0.3) is 5.24 Å². The Morgan fingerprint density at radius 1 is 1.27 bits per heavy atom. The lowest BCUT2D eigenvalue weighted by molar-refractivity contribution is -0.137. The van der Waals surface area contributed by atoms with Crippen molar-refractivity contribution in [2.24, 2.45) is 0 Å². The van der Waals surface area contributed by atoms with Gasteiger partial charge in [-0.1, -0.05) is 24.8 Å². The number of amides is 1. The summed E-state index contributed by atoms with van der Waals surface area (Å²) < 4.78 is 36.5. The fourth-order valence-electron chi connectivity index (χ4n) is 0.989. The van der Waals surface area contributed by atoms with Crippen LogP contribution in [0.5, 0.6) is 0 Å². The number of hydrogen-bond acceptors (Lipinski definition) is 1. The molecule has 0 fully saturated rings. The van der Waals surface area contributed by atoms with Crippen LogP contribution in [0.25, 0.3) is 0 Å². The Bertz CT molecular complexity index is 347. The zero-order valence-electron chi connectivity index (χ0n) is 7.51. The Morgan fingerprint density at radius 3 is 2.20 bits per heavy atom. The summed E-state index contributed by atoms with van der Waals surface area (Å²) in [6.45, 7) is 0.167. The molecule has 82 valence electrons. The number of thiol groups is 1. The van der Waals surface area contributed by atoms with Crippen molar-refractivity contribution in [2.45, 2.75) is 12.7 Å². The minimum Gasteiger partial charge on any atom is -0.343 e. The maximum Gasteiger partial charge on any atom is 0.416 e. The number of hydrogen-bond donors (Lipinski definition) is 2. The van der Waals surface area contributed by atoms with Gasteiger partial charge >= 0.3 is 6.18 Å². The number of carbonyl (C=O) groups excluding carboxylic acids is 1. The van der Waals surface area contributed by atoms with Crippen LogP contribution in [0.2, 0.25) is 0 Å². The first-order valence-electron chi connectivity index (χ1n) is 4.02. The van der Waals surface area contributed by atoms with E-state index in [0.29, 0.717) is 5.56 Å². The van der Waals surface area contributed by atoms with E-state index in [-0.39, 0.29) is 6.54 Å². The van der Waals surface area contributed by atoms with E-state index in [9.17, 15) is 18.0 Å². The van der Waals surface area contributed by atoms with Crippen LogP contribution >= 0.6 is 12.6 Å². The van der Waals surface area contributed by atoms with Gasteiger partial charge in [-0.2, -0.15) is 13.2 Å². The topological polar surface area (TPSA) is 29.1 Å². The molecule has 1 N–H and O–H groups in total. The second kappa shape index (κ2) is 4.57. The standard InChI is InChI=1S/C9H8F3NOS/c10-9(11,12)7-3-1-6(2-4-7)5-13-8(14)15/h1-4H,5H2,(H2,13,14,15). The molecule has 0 atom stereocenters. The van der Waals surface area contributed by atoms with E-state index in [1.165, 1.54) is 12.1 Å². The first kappa shape index (κ1) is 11.9. The van der Waals surface area contributed by atoms with Crippen LogP contribution in [-0.4, -0.2) is 5.24 Å². The van der Waals surface area contributed by atoms with E-state index in [4.69, 9.17) is 0 Å². The Kier molecular flexibility index (Phi) is 3.62. The number of halogens is 3. The Morgan fingerprint density at radius 2 is 1.80 bits per heavy atom.